The number of rotatable bonds is 2. The number of nitrogens with one attached hydrogen (secondary N) is 1. The molecule has 0 aliphatic heterocycles. The summed E-state index contributed by atoms with van der Waals surface area (Å²) >= 11 is 1.45. The molecule has 0 saturated carbocycles. The molecule has 84 valence electrons. The Morgan fingerprint density at radius 1 is 1.56 bits per heavy atom. The molecule has 2 aromatic rings. The average Bonchev–Trinajstić information content (AvgIpc) is 2.70. The summed E-state index contributed by atoms with van der Waals surface area (Å²) in [4.78, 5) is 25.6. The molecule has 0 aliphatic rings. The topological polar surface area (TPSA) is 59.2 Å². The molecule has 16 heavy (non-hydrogen) atoms. The van der Waals surface area contributed by atoms with Gasteiger partial charge in [-0.25, -0.2) is 4.79 Å². The van der Waals surface area contributed by atoms with E-state index in [0.717, 1.165) is 16.7 Å². The van der Waals surface area contributed by atoms with Crippen LogP contribution in [-0.2, 0) is 11.2 Å². The lowest BCUT2D eigenvalue weighted by molar-refractivity contribution is 0.0603. The first-order valence-electron chi connectivity index (χ1n) is 4.89. The Morgan fingerprint density at radius 2 is 2.31 bits per heavy atom. The van der Waals surface area contributed by atoms with Crippen LogP contribution in [0.3, 0.4) is 0 Å². The van der Waals surface area contributed by atoms with Crippen molar-refractivity contribution in [3.63, 3.8) is 0 Å². The molecule has 0 spiro atoms. The van der Waals surface area contributed by atoms with Crippen molar-refractivity contribution in [2.75, 3.05) is 7.11 Å². The fourth-order valence-corrected chi connectivity index (χ4v) is 2.71. The normalized spacial score (nSPS) is 10.6. The summed E-state index contributed by atoms with van der Waals surface area (Å²) < 4.78 is 5.61. The van der Waals surface area contributed by atoms with Gasteiger partial charge in [0.05, 0.1) is 22.9 Å². The third-order valence-electron chi connectivity index (χ3n) is 2.42. The summed E-state index contributed by atoms with van der Waals surface area (Å²) in [5.41, 5.74) is 1.78. The molecular formula is C11H11NO3S. The highest BCUT2D eigenvalue weighted by atomic mass is 32.1. The predicted octanol–water partition coefficient (Wildman–Crippen LogP) is 1.94. The molecule has 0 aromatic carbocycles. The zero-order valence-corrected chi connectivity index (χ0v) is 9.81. The first-order chi connectivity index (χ1) is 7.67. The second-order valence-electron chi connectivity index (χ2n) is 3.36. The Bertz CT molecular complexity index is 597. The van der Waals surface area contributed by atoms with Crippen molar-refractivity contribution in [3.8, 4) is 0 Å². The van der Waals surface area contributed by atoms with Crippen LogP contribution >= 0.6 is 11.3 Å². The lowest BCUT2D eigenvalue weighted by atomic mass is 10.1. The van der Waals surface area contributed by atoms with E-state index in [1.54, 1.807) is 11.4 Å². The number of hydrogen-bond donors (Lipinski definition) is 1. The van der Waals surface area contributed by atoms with Crippen LogP contribution in [0.4, 0.5) is 0 Å². The van der Waals surface area contributed by atoms with Crippen LogP contribution in [0.1, 0.15) is 22.8 Å². The monoisotopic (exact) mass is 237 g/mol. The van der Waals surface area contributed by atoms with Gasteiger partial charge < -0.3 is 9.72 Å². The van der Waals surface area contributed by atoms with Crippen molar-refractivity contribution >= 4 is 27.5 Å². The molecule has 0 fully saturated rings. The molecule has 1 N–H and O–H groups in total. The summed E-state index contributed by atoms with van der Waals surface area (Å²) in [7, 11) is 1.33. The second-order valence-corrected chi connectivity index (χ2v) is 4.24. The SMILES string of the molecule is CCc1cc(=O)[nH]c2c(C(=O)OC)csc12. The summed E-state index contributed by atoms with van der Waals surface area (Å²) in [6.07, 6.45) is 0.765. The lowest BCUT2D eigenvalue weighted by Crippen LogP contribution is -2.08. The first kappa shape index (κ1) is 10.9. The van der Waals surface area contributed by atoms with Gasteiger partial charge in [0, 0.05) is 11.4 Å². The highest BCUT2D eigenvalue weighted by Gasteiger charge is 2.15. The number of carbonyl (C=O) groups is 1. The summed E-state index contributed by atoms with van der Waals surface area (Å²) in [5, 5.41) is 1.71. The molecule has 5 heteroatoms. The Morgan fingerprint density at radius 3 is 2.94 bits per heavy atom. The van der Waals surface area contributed by atoms with Gasteiger partial charge in [0.25, 0.3) is 0 Å². The summed E-state index contributed by atoms with van der Waals surface area (Å²) in [5.74, 6) is -0.421. The fourth-order valence-electron chi connectivity index (χ4n) is 1.62. The van der Waals surface area contributed by atoms with Crippen molar-refractivity contribution in [2.24, 2.45) is 0 Å². The number of carbonyl (C=O) groups excluding carboxylic acids is 1. The largest absolute Gasteiger partial charge is 0.465 e. The van der Waals surface area contributed by atoms with Gasteiger partial charge in [-0.05, 0) is 12.0 Å². The smallest absolute Gasteiger partial charge is 0.340 e. The molecule has 2 aromatic heterocycles. The predicted molar refractivity (Wildman–Crippen MR) is 63.2 cm³/mol. The molecule has 0 radical (unpaired) electrons. The molecule has 4 nitrogen and oxygen atoms in total. The standard InChI is InChI=1S/C11H11NO3S/c1-3-6-4-8(13)12-9-7(11(14)15-2)5-16-10(6)9/h4-5H,3H2,1-2H3,(H,12,13). The van der Waals surface area contributed by atoms with Crippen molar-refractivity contribution < 1.29 is 9.53 Å². The van der Waals surface area contributed by atoms with E-state index in [2.05, 4.69) is 9.72 Å². The van der Waals surface area contributed by atoms with Gasteiger partial charge in [-0.15, -0.1) is 11.3 Å². The molecule has 2 rings (SSSR count). The molecular weight excluding hydrogens is 226 g/mol. The van der Waals surface area contributed by atoms with Crippen molar-refractivity contribution in [2.45, 2.75) is 13.3 Å². The highest BCUT2D eigenvalue weighted by molar-refractivity contribution is 7.17. The van der Waals surface area contributed by atoms with Gasteiger partial charge in [0.1, 0.15) is 0 Å². The van der Waals surface area contributed by atoms with Crippen LogP contribution in [0.15, 0.2) is 16.2 Å². The summed E-state index contributed by atoms with van der Waals surface area (Å²) in [6, 6.07) is 1.57. The quantitative estimate of drug-likeness (QED) is 0.812. The van der Waals surface area contributed by atoms with Gasteiger partial charge in [0.2, 0.25) is 5.56 Å². The zero-order chi connectivity index (χ0) is 11.7. The number of H-pyrrole nitrogens is 1. The van der Waals surface area contributed by atoms with E-state index in [9.17, 15) is 9.59 Å². The molecule has 0 amide bonds. The van der Waals surface area contributed by atoms with Crippen LogP contribution in [0.25, 0.3) is 10.2 Å². The number of thiophene rings is 1. The Balaban J connectivity index is 2.77. The molecule has 0 atom stereocenters. The number of aromatic amines is 1. The van der Waals surface area contributed by atoms with Crippen molar-refractivity contribution in [3.05, 3.63) is 32.9 Å². The molecule has 0 saturated heterocycles. The Kier molecular flexibility index (Phi) is 2.78. The minimum absolute atomic E-state index is 0.187. The van der Waals surface area contributed by atoms with E-state index < -0.39 is 5.97 Å². The van der Waals surface area contributed by atoms with Gasteiger partial charge in [-0.3, -0.25) is 4.79 Å². The van der Waals surface area contributed by atoms with E-state index in [1.807, 2.05) is 6.92 Å². The van der Waals surface area contributed by atoms with Crippen LogP contribution in [0.5, 0.6) is 0 Å². The molecule has 0 unspecified atom stereocenters. The second kappa shape index (κ2) is 4.09. The molecule has 0 aliphatic carbocycles. The van der Waals surface area contributed by atoms with Crippen molar-refractivity contribution in [1.29, 1.82) is 0 Å². The number of aromatic nitrogens is 1. The lowest BCUT2D eigenvalue weighted by Gasteiger charge is -2.00. The number of esters is 1. The van der Waals surface area contributed by atoms with Gasteiger partial charge in [-0.1, -0.05) is 6.92 Å². The van der Waals surface area contributed by atoms with E-state index >= 15 is 0 Å². The Labute approximate surface area is 95.9 Å². The number of pyridine rings is 1. The Hall–Kier alpha value is -1.62. The van der Waals surface area contributed by atoms with E-state index in [1.165, 1.54) is 18.4 Å². The van der Waals surface area contributed by atoms with E-state index in [-0.39, 0.29) is 5.56 Å². The average molecular weight is 237 g/mol. The number of ether oxygens (including phenoxy) is 1. The minimum atomic E-state index is -0.421. The maximum Gasteiger partial charge on any atom is 0.340 e. The number of hydrogen-bond acceptors (Lipinski definition) is 4. The van der Waals surface area contributed by atoms with Gasteiger partial charge >= 0.3 is 5.97 Å². The van der Waals surface area contributed by atoms with Gasteiger partial charge in [-0.2, -0.15) is 0 Å². The van der Waals surface area contributed by atoms with E-state index in [0.29, 0.717) is 11.1 Å². The number of methoxy groups -OCH3 is 1. The summed E-state index contributed by atoms with van der Waals surface area (Å²) in [6.45, 7) is 1.98. The molecule has 2 heterocycles. The third kappa shape index (κ3) is 1.63. The minimum Gasteiger partial charge on any atom is -0.465 e. The zero-order valence-electron chi connectivity index (χ0n) is 8.99. The van der Waals surface area contributed by atoms with Crippen LogP contribution in [0.2, 0.25) is 0 Å². The van der Waals surface area contributed by atoms with Crippen LogP contribution in [-0.4, -0.2) is 18.1 Å². The first-order valence-corrected chi connectivity index (χ1v) is 5.77. The molecule has 0 bridgehead atoms. The highest BCUT2D eigenvalue weighted by Crippen LogP contribution is 2.26. The van der Waals surface area contributed by atoms with Crippen LogP contribution < -0.4 is 5.56 Å². The fraction of sp³-hybridized carbons (Fsp3) is 0.273. The number of aryl methyl sites for hydroxylation is 1. The van der Waals surface area contributed by atoms with Crippen LogP contribution in [0, 0.1) is 0 Å². The number of fused-ring (bicyclic) bond motifs is 1. The van der Waals surface area contributed by atoms with E-state index in [4.69, 9.17) is 0 Å². The van der Waals surface area contributed by atoms with Crippen molar-refractivity contribution in [1.82, 2.24) is 4.98 Å². The van der Waals surface area contributed by atoms with Gasteiger partial charge in [0.15, 0.2) is 0 Å². The maximum atomic E-state index is 11.5. The third-order valence-corrected chi connectivity index (χ3v) is 3.48. The maximum absolute atomic E-state index is 11.5.